The molecule has 0 saturated heterocycles. The molecule has 23 heavy (non-hydrogen) atoms. The fourth-order valence-electron chi connectivity index (χ4n) is 2.16. The van der Waals surface area contributed by atoms with Gasteiger partial charge in [0.2, 0.25) is 5.91 Å². The highest BCUT2D eigenvalue weighted by Crippen LogP contribution is 2.29. The second-order valence-electron chi connectivity index (χ2n) is 5.02. The molecule has 0 saturated carbocycles. The van der Waals surface area contributed by atoms with Crippen LogP contribution in [-0.4, -0.2) is 12.5 Å². The molecule has 0 bridgehead atoms. The Morgan fingerprint density at radius 3 is 2.78 bits per heavy atom. The summed E-state index contributed by atoms with van der Waals surface area (Å²) < 4.78 is 18.4. The number of amides is 1. The highest BCUT2D eigenvalue weighted by atomic mass is 35.5. The quantitative estimate of drug-likeness (QED) is 0.845. The van der Waals surface area contributed by atoms with E-state index in [0.717, 1.165) is 16.9 Å². The normalized spacial score (nSPS) is 13.2. The van der Waals surface area contributed by atoms with Gasteiger partial charge >= 0.3 is 0 Å². The van der Waals surface area contributed by atoms with Crippen LogP contribution in [-0.2, 0) is 4.79 Å². The number of halogens is 2. The van der Waals surface area contributed by atoms with Crippen molar-refractivity contribution in [1.82, 2.24) is 0 Å². The number of hydrogen-bond donors (Lipinski definition) is 1. The maximum atomic E-state index is 12.8. The summed E-state index contributed by atoms with van der Waals surface area (Å²) in [7, 11) is 0. The number of benzene rings is 2. The van der Waals surface area contributed by atoms with Crippen molar-refractivity contribution in [2.45, 2.75) is 0 Å². The summed E-state index contributed by atoms with van der Waals surface area (Å²) in [5.41, 5.74) is 2.27. The van der Waals surface area contributed by atoms with Crippen LogP contribution >= 0.6 is 11.6 Å². The highest BCUT2D eigenvalue weighted by molar-refractivity contribution is 6.30. The lowest BCUT2D eigenvalue weighted by molar-refractivity contribution is -0.111. The topological polar surface area (TPSA) is 38.3 Å². The number of ether oxygens (including phenoxy) is 1. The van der Waals surface area contributed by atoms with E-state index in [4.69, 9.17) is 16.3 Å². The molecule has 0 unspecified atom stereocenters. The lowest BCUT2D eigenvalue weighted by atomic mass is 10.1. The average molecular weight is 330 g/mol. The van der Waals surface area contributed by atoms with Crippen LogP contribution in [0.3, 0.4) is 0 Å². The Hall–Kier alpha value is -2.59. The van der Waals surface area contributed by atoms with Crippen molar-refractivity contribution < 1.29 is 13.9 Å². The van der Waals surface area contributed by atoms with Gasteiger partial charge in [0.15, 0.2) is 0 Å². The second kappa shape index (κ2) is 6.67. The van der Waals surface area contributed by atoms with Crippen molar-refractivity contribution in [3.63, 3.8) is 0 Å². The number of anilines is 1. The molecule has 0 fully saturated rings. The molecule has 5 heteroatoms. The van der Waals surface area contributed by atoms with Crippen LogP contribution in [0.25, 0.3) is 6.08 Å². The van der Waals surface area contributed by atoms with Gasteiger partial charge < -0.3 is 10.1 Å². The van der Waals surface area contributed by atoms with E-state index in [9.17, 15) is 9.18 Å². The van der Waals surface area contributed by atoms with Gasteiger partial charge in [0.05, 0.1) is 0 Å². The van der Waals surface area contributed by atoms with Gasteiger partial charge in [-0.05, 0) is 54.1 Å². The van der Waals surface area contributed by atoms with Crippen LogP contribution in [0.15, 0.2) is 60.2 Å². The van der Waals surface area contributed by atoms with Crippen molar-refractivity contribution in [3.8, 4) is 5.75 Å². The van der Waals surface area contributed by atoms with Crippen LogP contribution in [0.4, 0.5) is 10.1 Å². The minimum absolute atomic E-state index is 0.297. The molecule has 2 aromatic carbocycles. The fourth-order valence-corrected chi connectivity index (χ4v) is 2.34. The third kappa shape index (κ3) is 3.99. The van der Waals surface area contributed by atoms with Gasteiger partial charge in [0, 0.05) is 22.3 Å². The molecular weight excluding hydrogens is 317 g/mol. The minimum atomic E-state index is -0.347. The van der Waals surface area contributed by atoms with Crippen LogP contribution in [0.2, 0.25) is 5.02 Å². The number of carbonyl (C=O) groups excluding carboxylic acids is 1. The van der Waals surface area contributed by atoms with Crippen LogP contribution in [0, 0.1) is 5.82 Å². The van der Waals surface area contributed by atoms with Gasteiger partial charge in [0.25, 0.3) is 0 Å². The zero-order valence-electron chi connectivity index (χ0n) is 12.1. The standard InChI is InChI=1S/C18H13ClFNO2/c19-14-2-7-17-13(10-14)9-12(11-23-17)1-8-18(22)21-16-5-3-15(20)4-6-16/h1-10H,11H2,(H,21,22)/b8-1+. The lowest BCUT2D eigenvalue weighted by Gasteiger charge is -2.16. The Morgan fingerprint density at radius 1 is 1.22 bits per heavy atom. The molecule has 1 aliphatic rings. The van der Waals surface area contributed by atoms with E-state index in [1.165, 1.54) is 30.3 Å². The van der Waals surface area contributed by atoms with Gasteiger partial charge in [-0.2, -0.15) is 0 Å². The summed E-state index contributed by atoms with van der Waals surface area (Å²) in [5.74, 6) is 0.122. The third-order valence-corrected chi connectivity index (χ3v) is 3.50. The molecule has 2 aromatic rings. The molecule has 0 aromatic heterocycles. The monoisotopic (exact) mass is 329 g/mol. The summed E-state index contributed by atoms with van der Waals surface area (Å²) >= 11 is 5.96. The first-order chi connectivity index (χ1) is 11.1. The first-order valence-electron chi connectivity index (χ1n) is 6.98. The molecule has 116 valence electrons. The summed E-state index contributed by atoms with van der Waals surface area (Å²) in [6, 6.07) is 11.0. The SMILES string of the molecule is O=C(/C=C/C1=Cc2cc(Cl)ccc2OC1)Nc1ccc(F)cc1. The van der Waals surface area contributed by atoms with E-state index >= 15 is 0 Å². The smallest absolute Gasteiger partial charge is 0.248 e. The van der Waals surface area contributed by atoms with E-state index in [-0.39, 0.29) is 11.7 Å². The number of carbonyl (C=O) groups is 1. The molecule has 1 heterocycles. The molecular formula is C18H13ClFNO2. The number of hydrogen-bond acceptors (Lipinski definition) is 2. The summed E-state index contributed by atoms with van der Waals surface area (Å²) in [4.78, 5) is 11.9. The van der Waals surface area contributed by atoms with Crippen LogP contribution in [0.5, 0.6) is 5.75 Å². The van der Waals surface area contributed by atoms with Gasteiger partial charge in [-0.15, -0.1) is 0 Å². The van der Waals surface area contributed by atoms with E-state index in [0.29, 0.717) is 17.3 Å². The van der Waals surface area contributed by atoms with Crippen molar-refractivity contribution >= 4 is 29.3 Å². The summed E-state index contributed by atoms with van der Waals surface area (Å²) in [5, 5.41) is 3.28. The van der Waals surface area contributed by atoms with E-state index < -0.39 is 0 Å². The van der Waals surface area contributed by atoms with Crippen molar-refractivity contribution in [1.29, 1.82) is 0 Å². The Labute approximate surface area is 138 Å². The van der Waals surface area contributed by atoms with Crippen molar-refractivity contribution in [2.75, 3.05) is 11.9 Å². The van der Waals surface area contributed by atoms with E-state index in [1.807, 2.05) is 18.2 Å². The Bertz CT molecular complexity index is 797. The molecule has 0 radical (unpaired) electrons. The number of rotatable bonds is 3. The minimum Gasteiger partial charge on any atom is -0.488 e. The predicted octanol–water partition coefficient (Wildman–Crippen LogP) is 4.45. The predicted molar refractivity (Wildman–Crippen MR) is 89.1 cm³/mol. The maximum absolute atomic E-state index is 12.8. The molecule has 1 amide bonds. The van der Waals surface area contributed by atoms with Gasteiger partial charge in [-0.25, -0.2) is 4.39 Å². The zero-order chi connectivity index (χ0) is 16.2. The number of fused-ring (bicyclic) bond motifs is 1. The first-order valence-corrected chi connectivity index (χ1v) is 7.35. The average Bonchev–Trinajstić information content (AvgIpc) is 2.54. The van der Waals surface area contributed by atoms with E-state index in [1.54, 1.807) is 12.1 Å². The lowest BCUT2D eigenvalue weighted by Crippen LogP contribution is -2.09. The molecule has 3 rings (SSSR count). The molecule has 3 nitrogen and oxygen atoms in total. The maximum Gasteiger partial charge on any atom is 0.248 e. The third-order valence-electron chi connectivity index (χ3n) is 3.27. The first kappa shape index (κ1) is 15.3. The van der Waals surface area contributed by atoms with E-state index in [2.05, 4.69) is 5.32 Å². The molecule has 1 aliphatic heterocycles. The van der Waals surface area contributed by atoms with Crippen LogP contribution in [0.1, 0.15) is 5.56 Å². The fraction of sp³-hybridized carbons (Fsp3) is 0.0556. The van der Waals surface area contributed by atoms with Crippen molar-refractivity contribution in [2.24, 2.45) is 0 Å². The molecule has 0 atom stereocenters. The molecule has 1 N–H and O–H groups in total. The van der Waals surface area contributed by atoms with Gasteiger partial charge in [-0.1, -0.05) is 17.7 Å². The van der Waals surface area contributed by atoms with Crippen LogP contribution < -0.4 is 10.1 Å². The Balaban J connectivity index is 1.68. The number of nitrogens with one attached hydrogen (secondary N) is 1. The Kier molecular flexibility index (Phi) is 4.44. The highest BCUT2D eigenvalue weighted by Gasteiger charge is 2.10. The Morgan fingerprint density at radius 2 is 2.00 bits per heavy atom. The van der Waals surface area contributed by atoms with Gasteiger partial charge in [-0.3, -0.25) is 4.79 Å². The largest absolute Gasteiger partial charge is 0.488 e. The summed E-state index contributed by atoms with van der Waals surface area (Å²) in [6.07, 6.45) is 5.02. The van der Waals surface area contributed by atoms with Crippen molar-refractivity contribution in [3.05, 3.63) is 76.6 Å². The van der Waals surface area contributed by atoms with Gasteiger partial charge in [0.1, 0.15) is 18.2 Å². The zero-order valence-corrected chi connectivity index (χ0v) is 12.8. The molecule has 0 spiro atoms. The second-order valence-corrected chi connectivity index (χ2v) is 5.46. The molecule has 0 aliphatic carbocycles. The summed E-state index contributed by atoms with van der Waals surface area (Å²) in [6.45, 7) is 0.384.